The van der Waals surface area contributed by atoms with Gasteiger partial charge in [0.2, 0.25) is 0 Å². The summed E-state index contributed by atoms with van der Waals surface area (Å²) in [6, 6.07) is 0.242. The lowest BCUT2D eigenvalue weighted by atomic mass is 10.0. The second kappa shape index (κ2) is 1.60. The molecule has 56 valence electrons. The first-order chi connectivity index (χ1) is 4.60. The van der Waals surface area contributed by atoms with E-state index in [0.717, 1.165) is 4.91 Å². The molecule has 2 N–H and O–H groups in total. The fourth-order valence-corrected chi connectivity index (χ4v) is 1.74. The van der Waals surface area contributed by atoms with Crippen LogP contribution in [0.3, 0.4) is 0 Å². The Balaban J connectivity index is 2.08. The van der Waals surface area contributed by atoms with Crippen molar-refractivity contribution in [2.45, 2.75) is 24.7 Å². The van der Waals surface area contributed by atoms with Crippen LogP contribution < -0.4 is 5.73 Å². The molecule has 0 aromatic carbocycles. The highest BCUT2D eigenvalue weighted by Gasteiger charge is 2.83. The van der Waals surface area contributed by atoms with Gasteiger partial charge in [0.25, 0.3) is 0 Å². The summed E-state index contributed by atoms with van der Waals surface area (Å²) >= 11 is 4.16. The number of hydrogen-bond donors (Lipinski definition) is 2. The van der Waals surface area contributed by atoms with E-state index in [4.69, 9.17) is 10.5 Å². The first-order valence-corrected chi connectivity index (χ1v) is 3.86. The molecule has 0 aromatic heterocycles. The van der Waals surface area contributed by atoms with Gasteiger partial charge in [-0.25, -0.2) is 0 Å². The lowest BCUT2D eigenvalue weighted by molar-refractivity contribution is 0.169. The van der Waals surface area contributed by atoms with E-state index < -0.39 is 0 Å². The first kappa shape index (κ1) is 6.70. The van der Waals surface area contributed by atoms with Crippen molar-refractivity contribution in [2.75, 3.05) is 0 Å². The molecular formula is C7H11NOS. The number of ether oxygens (including phenoxy) is 1. The number of thiol groups is 1. The van der Waals surface area contributed by atoms with E-state index >= 15 is 0 Å². The van der Waals surface area contributed by atoms with E-state index in [9.17, 15) is 0 Å². The SMILES string of the molecule is C=C(S)[C@@H](C)[C@]12OC1C2N. The second-order valence-corrected chi connectivity index (χ2v) is 3.71. The molecule has 10 heavy (non-hydrogen) atoms. The average molecular weight is 157 g/mol. The monoisotopic (exact) mass is 157 g/mol. The minimum Gasteiger partial charge on any atom is -0.362 e. The van der Waals surface area contributed by atoms with Gasteiger partial charge in [0, 0.05) is 5.92 Å². The van der Waals surface area contributed by atoms with Gasteiger partial charge >= 0.3 is 0 Å². The van der Waals surface area contributed by atoms with E-state index in [1.807, 2.05) is 0 Å². The van der Waals surface area contributed by atoms with Crippen molar-refractivity contribution in [3.8, 4) is 0 Å². The molecule has 1 aliphatic carbocycles. The standard InChI is InChI=1S/C7H11NOS/c1-3(4(2)10)7-5(8)6(7)9-7/h3,5-6,10H,2,8H2,1H3/t3-,5?,6?,7-/m1/s1. The van der Waals surface area contributed by atoms with Gasteiger partial charge < -0.3 is 10.5 Å². The summed E-state index contributed by atoms with van der Waals surface area (Å²) in [5.41, 5.74) is 5.65. The highest BCUT2D eigenvalue weighted by molar-refractivity contribution is 7.84. The molecule has 2 rings (SSSR count). The molecule has 0 bridgehead atoms. The molecule has 2 aliphatic rings. The van der Waals surface area contributed by atoms with Crippen molar-refractivity contribution in [3.05, 3.63) is 11.5 Å². The number of hydrogen-bond acceptors (Lipinski definition) is 3. The van der Waals surface area contributed by atoms with Crippen LogP contribution in [0.5, 0.6) is 0 Å². The summed E-state index contributed by atoms with van der Waals surface area (Å²) in [4.78, 5) is 0.871. The predicted molar refractivity (Wildman–Crippen MR) is 42.9 cm³/mol. The molecule has 0 amide bonds. The van der Waals surface area contributed by atoms with Crippen LogP contribution in [0.2, 0.25) is 0 Å². The summed E-state index contributed by atoms with van der Waals surface area (Å²) in [5.74, 6) is 0.302. The summed E-state index contributed by atoms with van der Waals surface area (Å²) in [6.45, 7) is 5.81. The van der Waals surface area contributed by atoms with Crippen molar-refractivity contribution in [3.63, 3.8) is 0 Å². The highest BCUT2D eigenvalue weighted by Crippen LogP contribution is 2.64. The maximum Gasteiger partial charge on any atom is 0.121 e. The predicted octanol–water partition coefficient (Wildman–Crippen LogP) is 0.544. The zero-order chi connectivity index (χ0) is 7.52. The number of nitrogens with two attached hydrogens (primary N) is 1. The quantitative estimate of drug-likeness (QED) is 0.453. The fraction of sp³-hybridized carbons (Fsp3) is 0.714. The summed E-state index contributed by atoms with van der Waals surface area (Å²) in [7, 11) is 0. The highest BCUT2D eigenvalue weighted by atomic mass is 32.1. The molecule has 2 fully saturated rings. The van der Waals surface area contributed by atoms with E-state index in [2.05, 4.69) is 26.1 Å². The van der Waals surface area contributed by atoms with Gasteiger partial charge in [0.1, 0.15) is 11.7 Å². The Hall–Kier alpha value is 0.01000. The van der Waals surface area contributed by atoms with E-state index in [0.29, 0.717) is 12.0 Å². The molecule has 0 radical (unpaired) electrons. The molecule has 2 nitrogen and oxygen atoms in total. The van der Waals surface area contributed by atoms with Gasteiger partial charge in [0.15, 0.2) is 0 Å². The van der Waals surface area contributed by atoms with Gasteiger partial charge in [-0.2, -0.15) is 0 Å². The molecule has 1 saturated heterocycles. The smallest absolute Gasteiger partial charge is 0.121 e. The van der Waals surface area contributed by atoms with Crippen molar-refractivity contribution in [2.24, 2.45) is 11.7 Å². The first-order valence-electron chi connectivity index (χ1n) is 3.42. The van der Waals surface area contributed by atoms with Crippen LogP contribution in [0.4, 0.5) is 0 Å². The van der Waals surface area contributed by atoms with Crippen LogP contribution in [0.1, 0.15) is 6.92 Å². The lowest BCUT2D eigenvalue weighted by Gasteiger charge is -2.13. The number of rotatable bonds is 2. The fourth-order valence-electron chi connectivity index (χ4n) is 1.54. The molecule has 0 aromatic rings. The number of fused-ring (bicyclic) bond motifs is 1. The van der Waals surface area contributed by atoms with Crippen LogP contribution in [0, 0.1) is 5.92 Å². The normalized spacial score (nSPS) is 51.5. The van der Waals surface area contributed by atoms with Crippen LogP contribution in [-0.2, 0) is 4.74 Å². The second-order valence-electron chi connectivity index (χ2n) is 3.13. The molecule has 0 spiro atoms. The van der Waals surface area contributed by atoms with Crippen LogP contribution in [0.25, 0.3) is 0 Å². The zero-order valence-electron chi connectivity index (χ0n) is 5.87. The Bertz CT molecular complexity index is 200. The largest absolute Gasteiger partial charge is 0.362 e. The van der Waals surface area contributed by atoms with Gasteiger partial charge in [-0.3, -0.25) is 0 Å². The van der Waals surface area contributed by atoms with Crippen LogP contribution >= 0.6 is 12.6 Å². The third-order valence-corrected chi connectivity index (χ3v) is 3.02. The van der Waals surface area contributed by atoms with E-state index in [1.54, 1.807) is 0 Å². The van der Waals surface area contributed by atoms with Gasteiger partial charge in [-0.15, -0.1) is 12.6 Å². The Labute approximate surface area is 65.8 Å². The molecule has 1 saturated carbocycles. The molecular weight excluding hydrogens is 146 g/mol. The van der Waals surface area contributed by atoms with Crippen LogP contribution in [0.15, 0.2) is 11.5 Å². The minimum absolute atomic E-state index is 0.0428. The van der Waals surface area contributed by atoms with Gasteiger partial charge in [-0.1, -0.05) is 13.5 Å². The molecule has 2 unspecified atom stereocenters. The Morgan fingerprint density at radius 1 is 1.90 bits per heavy atom. The van der Waals surface area contributed by atoms with Gasteiger partial charge in [-0.05, 0) is 4.91 Å². The Morgan fingerprint density at radius 3 is 2.50 bits per heavy atom. The van der Waals surface area contributed by atoms with Gasteiger partial charge in [0.05, 0.1) is 6.04 Å². The van der Waals surface area contributed by atoms with Crippen molar-refractivity contribution < 1.29 is 4.74 Å². The maximum atomic E-state index is 5.69. The van der Waals surface area contributed by atoms with E-state index in [1.165, 1.54) is 0 Å². The molecule has 3 heteroatoms. The summed E-state index contributed by atoms with van der Waals surface area (Å²) in [5, 5.41) is 0. The Kier molecular flexibility index (Phi) is 1.07. The van der Waals surface area contributed by atoms with E-state index in [-0.39, 0.29) is 11.6 Å². The zero-order valence-corrected chi connectivity index (χ0v) is 6.77. The average Bonchev–Trinajstić information content (AvgIpc) is 2.71. The van der Waals surface area contributed by atoms with Crippen molar-refractivity contribution in [1.82, 2.24) is 0 Å². The maximum absolute atomic E-state index is 5.69. The third kappa shape index (κ3) is 0.540. The number of epoxide rings is 1. The Morgan fingerprint density at radius 2 is 2.40 bits per heavy atom. The van der Waals surface area contributed by atoms with Crippen molar-refractivity contribution in [1.29, 1.82) is 0 Å². The summed E-state index contributed by atoms with van der Waals surface area (Å²) in [6.07, 6.45) is 0.311. The van der Waals surface area contributed by atoms with Crippen LogP contribution in [-0.4, -0.2) is 17.7 Å². The lowest BCUT2D eigenvalue weighted by Crippen LogP contribution is -2.27. The molecule has 4 atom stereocenters. The third-order valence-electron chi connectivity index (χ3n) is 2.63. The van der Waals surface area contributed by atoms with Crippen molar-refractivity contribution >= 4 is 12.6 Å². The minimum atomic E-state index is -0.0428. The molecule has 1 heterocycles. The topological polar surface area (TPSA) is 38.5 Å². The molecule has 1 aliphatic heterocycles. The summed E-state index contributed by atoms with van der Waals surface area (Å²) < 4.78 is 5.29.